The topological polar surface area (TPSA) is 54.3 Å². The Hall–Kier alpha value is -2.41. The lowest BCUT2D eigenvalue weighted by atomic mass is 10.1. The predicted molar refractivity (Wildman–Crippen MR) is 109 cm³/mol. The molecule has 3 aromatic rings. The van der Waals surface area contributed by atoms with Crippen molar-refractivity contribution < 1.29 is 4.79 Å². The highest BCUT2D eigenvalue weighted by Crippen LogP contribution is 2.30. The number of benzene rings is 1. The number of carbonyl (C=O) groups is 1. The first-order valence-electron chi connectivity index (χ1n) is 9.55. The van der Waals surface area contributed by atoms with E-state index in [9.17, 15) is 4.79 Å². The Bertz CT molecular complexity index is 925. The molecule has 27 heavy (non-hydrogen) atoms. The Morgan fingerprint density at radius 2 is 2.00 bits per heavy atom. The molecule has 1 aliphatic rings. The minimum absolute atomic E-state index is 0.0452. The van der Waals surface area contributed by atoms with Crippen LogP contribution in [0, 0.1) is 5.92 Å². The number of anilines is 1. The van der Waals surface area contributed by atoms with E-state index in [1.807, 2.05) is 30.3 Å². The van der Waals surface area contributed by atoms with Gasteiger partial charge in [-0.1, -0.05) is 26.0 Å². The van der Waals surface area contributed by atoms with E-state index < -0.39 is 0 Å². The normalized spacial score (nSPS) is 16.1. The summed E-state index contributed by atoms with van der Waals surface area (Å²) < 4.78 is 7.96. The number of aromatic nitrogens is 3. The average molecular weight is 384 g/mol. The molecule has 1 saturated heterocycles. The third-order valence-corrected chi connectivity index (χ3v) is 6.08. The molecule has 2 aromatic heterocycles. The SMILES string of the molecule is CCc1nccn1CC(C)C(=O)N1CCN(c2nsc3ccccc23)CC1. The molecule has 1 fully saturated rings. The molecule has 0 N–H and O–H groups in total. The van der Waals surface area contributed by atoms with E-state index in [1.54, 1.807) is 11.5 Å². The molecule has 0 spiro atoms. The van der Waals surface area contributed by atoms with Gasteiger partial charge in [-0.05, 0) is 23.7 Å². The number of fused-ring (bicyclic) bond motifs is 1. The van der Waals surface area contributed by atoms with E-state index in [1.165, 1.54) is 10.1 Å². The molecule has 4 rings (SSSR count). The van der Waals surface area contributed by atoms with E-state index in [2.05, 4.69) is 43.9 Å². The van der Waals surface area contributed by atoms with Crippen LogP contribution in [0.5, 0.6) is 0 Å². The predicted octanol–water partition coefficient (Wildman–Crippen LogP) is 3.04. The number of piperazine rings is 1. The maximum Gasteiger partial charge on any atom is 0.227 e. The number of hydrogen-bond donors (Lipinski definition) is 0. The highest BCUT2D eigenvalue weighted by Gasteiger charge is 2.27. The lowest BCUT2D eigenvalue weighted by Gasteiger charge is -2.36. The second kappa shape index (κ2) is 7.68. The molecule has 7 heteroatoms. The van der Waals surface area contributed by atoms with Crippen molar-refractivity contribution in [3.05, 3.63) is 42.5 Å². The summed E-state index contributed by atoms with van der Waals surface area (Å²) in [6.45, 7) is 7.96. The van der Waals surface area contributed by atoms with Crippen molar-refractivity contribution in [2.45, 2.75) is 26.8 Å². The molecule has 3 heterocycles. The smallest absolute Gasteiger partial charge is 0.227 e. The third-order valence-electron chi connectivity index (χ3n) is 5.26. The molecule has 142 valence electrons. The zero-order valence-electron chi connectivity index (χ0n) is 15.8. The Morgan fingerprint density at radius 1 is 1.22 bits per heavy atom. The second-order valence-corrected chi connectivity index (χ2v) is 7.87. The number of imidazole rings is 1. The van der Waals surface area contributed by atoms with Crippen molar-refractivity contribution in [2.24, 2.45) is 5.92 Å². The Morgan fingerprint density at radius 3 is 2.78 bits per heavy atom. The van der Waals surface area contributed by atoms with Crippen molar-refractivity contribution >= 4 is 33.3 Å². The van der Waals surface area contributed by atoms with Crippen molar-refractivity contribution in [1.82, 2.24) is 18.8 Å². The summed E-state index contributed by atoms with van der Waals surface area (Å²) >= 11 is 1.54. The van der Waals surface area contributed by atoms with Crippen molar-refractivity contribution in [3.63, 3.8) is 0 Å². The zero-order valence-corrected chi connectivity index (χ0v) is 16.7. The van der Waals surface area contributed by atoms with E-state index in [0.29, 0.717) is 6.54 Å². The quantitative estimate of drug-likeness (QED) is 0.680. The number of carbonyl (C=O) groups excluding carboxylic acids is 1. The van der Waals surface area contributed by atoms with Gasteiger partial charge >= 0.3 is 0 Å². The van der Waals surface area contributed by atoms with Gasteiger partial charge in [-0.15, -0.1) is 0 Å². The van der Waals surface area contributed by atoms with E-state index >= 15 is 0 Å². The Kier molecular flexibility index (Phi) is 5.11. The van der Waals surface area contributed by atoms with Gasteiger partial charge < -0.3 is 14.4 Å². The van der Waals surface area contributed by atoms with Crippen molar-refractivity contribution in [2.75, 3.05) is 31.1 Å². The Balaban J connectivity index is 1.38. The first-order valence-corrected chi connectivity index (χ1v) is 10.3. The lowest BCUT2D eigenvalue weighted by Crippen LogP contribution is -2.50. The van der Waals surface area contributed by atoms with Crippen LogP contribution < -0.4 is 4.90 Å². The lowest BCUT2D eigenvalue weighted by molar-refractivity contribution is -0.135. The van der Waals surface area contributed by atoms with Gasteiger partial charge in [0.15, 0.2) is 0 Å². The first kappa shape index (κ1) is 18.0. The molecule has 1 amide bonds. The molecule has 1 unspecified atom stereocenters. The maximum atomic E-state index is 12.9. The van der Waals surface area contributed by atoms with Gasteiger partial charge in [0.1, 0.15) is 11.6 Å². The summed E-state index contributed by atoms with van der Waals surface area (Å²) in [6.07, 6.45) is 4.66. The summed E-state index contributed by atoms with van der Waals surface area (Å²) in [4.78, 5) is 21.5. The summed E-state index contributed by atoms with van der Waals surface area (Å²) in [6, 6.07) is 8.34. The third kappa shape index (κ3) is 3.56. The largest absolute Gasteiger partial charge is 0.352 e. The van der Waals surface area contributed by atoms with Crippen molar-refractivity contribution in [3.8, 4) is 0 Å². The monoisotopic (exact) mass is 383 g/mol. The molecule has 1 aliphatic heterocycles. The number of rotatable bonds is 5. The molecule has 1 atom stereocenters. The van der Waals surface area contributed by atoms with Gasteiger partial charge in [-0.25, -0.2) is 4.98 Å². The van der Waals surface area contributed by atoms with Crippen molar-refractivity contribution in [1.29, 1.82) is 0 Å². The van der Waals surface area contributed by atoms with Crippen LogP contribution in [0.1, 0.15) is 19.7 Å². The van der Waals surface area contributed by atoms with Gasteiger partial charge in [-0.3, -0.25) is 4.79 Å². The van der Waals surface area contributed by atoms with Crippen LogP contribution in [0.25, 0.3) is 10.1 Å². The molecule has 6 nitrogen and oxygen atoms in total. The zero-order chi connectivity index (χ0) is 18.8. The standard InChI is InChI=1S/C20H25N5OS/c1-3-18-21-8-9-25(18)14-15(2)20(26)24-12-10-23(11-13-24)19-16-6-4-5-7-17(16)27-22-19/h4-9,15H,3,10-14H2,1-2H3. The molecular weight excluding hydrogens is 358 g/mol. The molecule has 0 radical (unpaired) electrons. The van der Waals surface area contributed by atoms with Crippen LogP contribution >= 0.6 is 11.5 Å². The first-order chi connectivity index (χ1) is 13.2. The number of nitrogens with zero attached hydrogens (tertiary/aromatic N) is 5. The van der Waals surface area contributed by atoms with Gasteiger partial charge in [0.25, 0.3) is 0 Å². The van der Waals surface area contributed by atoms with E-state index in [-0.39, 0.29) is 11.8 Å². The van der Waals surface area contributed by atoms with Crippen LogP contribution in [0.15, 0.2) is 36.7 Å². The molecule has 1 aromatic carbocycles. The minimum atomic E-state index is -0.0452. The van der Waals surface area contributed by atoms with Crippen LogP contribution in [-0.2, 0) is 17.8 Å². The second-order valence-electron chi connectivity index (χ2n) is 7.07. The number of amides is 1. The van der Waals surface area contributed by atoms with Crippen LogP contribution in [0.3, 0.4) is 0 Å². The van der Waals surface area contributed by atoms with Crippen LogP contribution in [0.2, 0.25) is 0 Å². The summed E-state index contributed by atoms with van der Waals surface area (Å²) in [5.74, 6) is 2.28. The highest BCUT2D eigenvalue weighted by molar-refractivity contribution is 7.13. The average Bonchev–Trinajstić information content (AvgIpc) is 3.34. The fraction of sp³-hybridized carbons (Fsp3) is 0.450. The highest BCUT2D eigenvalue weighted by atomic mass is 32.1. The van der Waals surface area contributed by atoms with E-state index in [0.717, 1.165) is 44.2 Å². The Labute approximate surface area is 163 Å². The van der Waals surface area contributed by atoms with Gasteiger partial charge in [0.05, 0.1) is 10.6 Å². The minimum Gasteiger partial charge on any atom is -0.352 e. The molecule has 0 bridgehead atoms. The summed E-state index contributed by atoms with van der Waals surface area (Å²) in [5.41, 5.74) is 0. The van der Waals surface area contributed by atoms with Gasteiger partial charge in [0, 0.05) is 56.9 Å². The molecule has 0 aliphatic carbocycles. The number of hydrogen-bond acceptors (Lipinski definition) is 5. The fourth-order valence-electron chi connectivity index (χ4n) is 3.74. The maximum absolute atomic E-state index is 12.9. The van der Waals surface area contributed by atoms with Gasteiger partial charge in [-0.2, -0.15) is 4.37 Å². The van der Waals surface area contributed by atoms with Crippen LogP contribution in [0.4, 0.5) is 5.82 Å². The summed E-state index contributed by atoms with van der Waals surface area (Å²) in [7, 11) is 0. The number of aryl methyl sites for hydroxylation is 1. The molecular formula is C20H25N5OS. The fourth-order valence-corrected chi connectivity index (χ4v) is 4.54. The van der Waals surface area contributed by atoms with Gasteiger partial charge in [0.2, 0.25) is 5.91 Å². The van der Waals surface area contributed by atoms with Crippen LogP contribution in [-0.4, -0.2) is 50.9 Å². The summed E-state index contributed by atoms with van der Waals surface area (Å²) in [5, 5.41) is 1.21. The molecule has 0 saturated carbocycles. The van der Waals surface area contributed by atoms with E-state index in [4.69, 9.17) is 0 Å².